The molecule has 1 aliphatic rings. The molecule has 5 N–H and O–H groups in total. The molecule has 6 aromatic carbocycles. The van der Waals surface area contributed by atoms with Crippen LogP contribution in [0.25, 0.3) is 11.1 Å². The molecule has 0 spiro atoms. The summed E-state index contributed by atoms with van der Waals surface area (Å²) in [5.41, 5.74) is 7.61. The quantitative estimate of drug-likeness (QED) is 0.0637. The molecule has 62 heavy (non-hydrogen) atoms. The molecule has 6 aromatic rings. The highest BCUT2D eigenvalue weighted by Crippen LogP contribution is 2.39. The zero-order chi connectivity index (χ0) is 43.6. The van der Waals surface area contributed by atoms with Crippen molar-refractivity contribution in [1.29, 1.82) is 0 Å². The minimum absolute atomic E-state index is 0.0564. The minimum Gasteiger partial charge on any atom is -0.508 e. The van der Waals surface area contributed by atoms with Crippen molar-refractivity contribution in [2.24, 2.45) is 0 Å². The van der Waals surface area contributed by atoms with Crippen molar-refractivity contribution in [3.63, 3.8) is 0 Å². The highest BCUT2D eigenvalue weighted by atomic mass is 32.2. The summed E-state index contributed by atoms with van der Waals surface area (Å²) < 4.78 is 42.7. The molecule has 0 bridgehead atoms. The summed E-state index contributed by atoms with van der Waals surface area (Å²) in [5, 5.41) is 33.5. The first kappa shape index (κ1) is 44.4. The zero-order valence-electron chi connectivity index (χ0n) is 34.8. The van der Waals surface area contributed by atoms with E-state index in [2.05, 4.69) is 10.0 Å². The number of carbonyl (C=O) groups is 1. The Morgan fingerprint density at radius 2 is 1.50 bits per heavy atom. The SMILES string of the molecule is Cc1ccc(S(=O)(=O)N[C@H](Cc2ccccc2)C(=O)NCc2ccccc2-c2ccc([C@@H]3O[C@H](CN(C)C[C@@H](O)c4cccc(O)c4)C[C@H](c4ccc(CO)cc4)O3)cc2)cc1. The number of phenols is 1. The lowest BCUT2D eigenvalue weighted by molar-refractivity contribution is -0.252. The number of ether oxygens (including phenoxy) is 2. The maximum atomic E-state index is 13.8. The number of likely N-dealkylation sites (N-methyl/N-ethyl adjacent to an activating group) is 1. The molecule has 1 saturated heterocycles. The van der Waals surface area contributed by atoms with Gasteiger partial charge in [-0.15, -0.1) is 0 Å². The number of hydrogen-bond acceptors (Lipinski definition) is 9. The number of hydrogen-bond donors (Lipinski definition) is 5. The summed E-state index contributed by atoms with van der Waals surface area (Å²) in [4.78, 5) is 15.9. The van der Waals surface area contributed by atoms with Gasteiger partial charge in [-0.1, -0.05) is 133 Å². The van der Waals surface area contributed by atoms with E-state index in [4.69, 9.17) is 9.47 Å². The van der Waals surface area contributed by atoms with Crippen LogP contribution >= 0.6 is 0 Å². The van der Waals surface area contributed by atoms with E-state index in [1.54, 1.807) is 36.4 Å². The number of nitrogens with one attached hydrogen (secondary N) is 2. The third-order valence-electron chi connectivity index (χ3n) is 11.1. The van der Waals surface area contributed by atoms with Gasteiger partial charge in [-0.25, -0.2) is 8.42 Å². The van der Waals surface area contributed by atoms with Crippen LogP contribution < -0.4 is 10.0 Å². The topological polar surface area (TPSA) is 158 Å². The van der Waals surface area contributed by atoms with E-state index in [9.17, 15) is 28.5 Å². The summed E-state index contributed by atoms with van der Waals surface area (Å²) in [6.07, 6.45) is -1.33. The minimum atomic E-state index is -4.00. The van der Waals surface area contributed by atoms with Crippen LogP contribution in [-0.4, -0.2) is 66.8 Å². The Morgan fingerprint density at radius 1 is 0.806 bits per heavy atom. The Morgan fingerprint density at radius 3 is 2.21 bits per heavy atom. The molecular formula is C50H53N3O8S. The van der Waals surface area contributed by atoms with Gasteiger partial charge in [0.1, 0.15) is 11.8 Å². The summed E-state index contributed by atoms with van der Waals surface area (Å²) in [5.74, 6) is -0.350. The standard InChI is InChI=1S/C50H53N3O8S/c1-34-15-25-44(26-16-34)62(58,59)52-46(27-35-9-4-3-5-10-35)49(57)51-30-41-11-6-7-14-45(41)37-21-23-39(24-22-37)50-60-43(29-48(61-50)38-19-17-36(33-54)18-20-38)31-53(2)32-47(56)40-12-8-13-42(55)28-40/h3-26,28,43,46-48,50,52,54-56H,27,29-33H2,1-2H3,(H,51,57)/t43-,46+,47+,48+,50+/m0/s1. The van der Waals surface area contributed by atoms with Crippen LogP contribution in [0.2, 0.25) is 0 Å². The molecule has 0 radical (unpaired) electrons. The third kappa shape index (κ3) is 11.6. The van der Waals surface area contributed by atoms with Gasteiger partial charge < -0.3 is 35.0 Å². The summed E-state index contributed by atoms with van der Waals surface area (Å²) in [7, 11) is -2.07. The zero-order valence-corrected chi connectivity index (χ0v) is 35.6. The van der Waals surface area contributed by atoms with Crippen molar-refractivity contribution in [2.45, 2.75) is 68.5 Å². The number of amides is 1. The van der Waals surface area contributed by atoms with Crippen molar-refractivity contribution >= 4 is 15.9 Å². The van der Waals surface area contributed by atoms with Crippen LogP contribution in [0.1, 0.15) is 63.9 Å². The second kappa shape index (κ2) is 20.4. The van der Waals surface area contributed by atoms with E-state index < -0.39 is 34.4 Å². The number of aryl methyl sites for hydroxylation is 1. The van der Waals surface area contributed by atoms with Gasteiger partial charge in [-0.05, 0) is 83.6 Å². The molecule has 12 heteroatoms. The summed E-state index contributed by atoms with van der Waals surface area (Å²) in [6, 6.07) is 44.8. The molecule has 1 amide bonds. The van der Waals surface area contributed by atoms with Crippen LogP contribution in [0.4, 0.5) is 0 Å². The first-order chi connectivity index (χ1) is 29.9. The number of aromatic hydroxyl groups is 1. The second-order valence-electron chi connectivity index (χ2n) is 15.9. The van der Waals surface area contributed by atoms with Crippen LogP contribution in [0.15, 0.2) is 157 Å². The van der Waals surface area contributed by atoms with E-state index in [1.807, 2.05) is 122 Å². The number of aliphatic hydroxyl groups is 2. The van der Waals surface area contributed by atoms with E-state index in [-0.39, 0.29) is 42.4 Å². The first-order valence-electron chi connectivity index (χ1n) is 20.7. The van der Waals surface area contributed by atoms with Crippen LogP contribution in [0.5, 0.6) is 5.75 Å². The Balaban J connectivity index is 1.06. The van der Waals surface area contributed by atoms with Gasteiger partial charge in [0, 0.05) is 31.6 Å². The average Bonchev–Trinajstić information content (AvgIpc) is 3.28. The number of aliphatic hydroxyl groups excluding tert-OH is 2. The normalized spacial score (nSPS) is 17.7. The maximum Gasteiger partial charge on any atom is 0.241 e. The molecule has 322 valence electrons. The molecule has 0 unspecified atom stereocenters. The Kier molecular flexibility index (Phi) is 14.6. The average molecular weight is 856 g/mol. The predicted molar refractivity (Wildman–Crippen MR) is 238 cm³/mol. The second-order valence-corrected chi connectivity index (χ2v) is 17.6. The van der Waals surface area contributed by atoms with E-state index >= 15 is 0 Å². The predicted octanol–water partition coefficient (Wildman–Crippen LogP) is 7.28. The van der Waals surface area contributed by atoms with Gasteiger partial charge in [0.15, 0.2) is 6.29 Å². The molecule has 0 aliphatic carbocycles. The number of nitrogens with zero attached hydrogens (tertiary/aromatic N) is 1. The van der Waals surface area contributed by atoms with Crippen molar-refractivity contribution in [3.05, 3.63) is 191 Å². The fraction of sp³-hybridized carbons (Fsp3) is 0.260. The molecule has 5 atom stereocenters. The highest BCUT2D eigenvalue weighted by molar-refractivity contribution is 7.89. The summed E-state index contributed by atoms with van der Waals surface area (Å²) >= 11 is 0. The third-order valence-corrected chi connectivity index (χ3v) is 12.5. The number of phenolic OH excluding ortho intramolecular Hbond substituents is 1. The van der Waals surface area contributed by atoms with Crippen molar-refractivity contribution in [1.82, 2.24) is 14.9 Å². The van der Waals surface area contributed by atoms with E-state index in [1.165, 1.54) is 12.1 Å². The number of rotatable bonds is 17. The fourth-order valence-electron chi connectivity index (χ4n) is 7.68. The summed E-state index contributed by atoms with van der Waals surface area (Å²) in [6.45, 7) is 2.83. The number of sulfonamides is 1. The molecule has 1 heterocycles. The van der Waals surface area contributed by atoms with Crippen molar-refractivity contribution < 1.29 is 38.0 Å². The van der Waals surface area contributed by atoms with Gasteiger partial charge in [-0.3, -0.25) is 4.79 Å². The first-order valence-corrected chi connectivity index (χ1v) is 22.2. The van der Waals surface area contributed by atoms with Crippen molar-refractivity contribution in [3.8, 4) is 16.9 Å². The molecule has 7 rings (SSSR count). The van der Waals surface area contributed by atoms with E-state index in [0.717, 1.165) is 44.5 Å². The maximum absolute atomic E-state index is 13.8. The lowest BCUT2D eigenvalue weighted by Gasteiger charge is -2.38. The Hall–Kier alpha value is -5.70. The molecule has 11 nitrogen and oxygen atoms in total. The largest absolute Gasteiger partial charge is 0.508 e. The van der Waals surface area contributed by atoms with Crippen molar-refractivity contribution in [2.75, 3.05) is 20.1 Å². The Bertz CT molecular complexity index is 2500. The number of benzene rings is 6. The van der Waals surface area contributed by atoms with Crippen LogP contribution in [0.3, 0.4) is 0 Å². The molecule has 0 aromatic heterocycles. The van der Waals surface area contributed by atoms with Crippen LogP contribution in [0, 0.1) is 6.92 Å². The van der Waals surface area contributed by atoms with Gasteiger partial charge in [0.25, 0.3) is 0 Å². The van der Waals surface area contributed by atoms with E-state index in [0.29, 0.717) is 25.1 Å². The molecule has 0 saturated carbocycles. The molecule has 1 fully saturated rings. The van der Waals surface area contributed by atoms with Gasteiger partial charge in [0.05, 0.1) is 29.8 Å². The Labute approximate surface area is 363 Å². The number of carbonyl (C=O) groups excluding carboxylic acids is 1. The molecular weight excluding hydrogens is 803 g/mol. The lowest BCUT2D eigenvalue weighted by Crippen LogP contribution is -2.47. The fourth-order valence-corrected chi connectivity index (χ4v) is 8.88. The van der Waals surface area contributed by atoms with Crippen LogP contribution in [-0.2, 0) is 43.9 Å². The van der Waals surface area contributed by atoms with Gasteiger partial charge in [0.2, 0.25) is 15.9 Å². The van der Waals surface area contributed by atoms with Gasteiger partial charge in [-0.2, -0.15) is 4.72 Å². The van der Waals surface area contributed by atoms with Gasteiger partial charge >= 0.3 is 0 Å². The highest BCUT2D eigenvalue weighted by Gasteiger charge is 2.33. The smallest absolute Gasteiger partial charge is 0.241 e. The monoisotopic (exact) mass is 855 g/mol. The molecule has 1 aliphatic heterocycles. The lowest BCUT2D eigenvalue weighted by atomic mass is 9.97.